The molecule has 0 heterocycles. The van der Waals surface area contributed by atoms with Crippen molar-refractivity contribution < 1.29 is 42.4 Å². The third-order valence-corrected chi connectivity index (χ3v) is 11.0. The first-order chi connectivity index (χ1) is 28.2. The molecule has 0 amide bonds. The van der Waals surface area contributed by atoms with Gasteiger partial charge in [-0.3, -0.25) is 23.4 Å². The topological polar surface area (TPSA) is 151 Å². The fourth-order valence-electron chi connectivity index (χ4n) is 6.43. The average Bonchev–Trinajstić information content (AvgIpc) is 3.21. The van der Waals surface area contributed by atoms with E-state index in [1.807, 2.05) is 12.2 Å². The Labute approximate surface area is 354 Å². The normalized spacial score (nSPS) is 13.4. The van der Waals surface area contributed by atoms with E-state index in [9.17, 15) is 23.8 Å². The lowest BCUT2D eigenvalue weighted by molar-refractivity contribution is -0.161. The molecule has 0 saturated carbocycles. The zero-order valence-corrected chi connectivity index (χ0v) is 37.9. The molecular formula is C47H86NO9P. The number of phosphoric ester groups is 1. The van der Waals surface area contributed by atoms with Gasteiger partial charge < -0.3 is 20.1 Å². The number of nitrogens with two attached hydrogens (primary N) is 1. The summed E-state index contributed by atoms with van der Waals surface area (Å²) in [6.45, 7) is 3.55. The lowest BCUT2D eigenvalue weighted by Crippen LogP contribution is -2.29. The monoisotopic (exact) mass is 840 g/mol. The van der Waals surface area contributed by atoms with Gasteiger partial charge in [0.1, 0.15) is 6.61 Å². The second-order valence-corrected chi connectivity index (χ2v) is 17.1. The Morgan fingerprint density at radius 3 is 1.55 bits per heavy atom. The van der Waals surface area contributed by atoms with Crippen molar-refractivity contribution in [3.63, 3.8) is 0 Å². The number of unbranched alkanes of at least 4 members (excludes halogenated alkanes) is 24. The SMILES string of the molecule is CCCCC/C=C\C=C\C(=O)CCCCCCCC(=O)O[C@H](COC(=O)CCCCCCCCCCCCC/C=C\CCCCCCCC)COP(=O)(O)OCCN. The van der Waals surface area contributed by atoms with Gasteiger partial charge in [-0.25, -0.2) is 4.57 Å². The van der Waals surface area contributed by atoms with E-state index in [4.69, 9.17) is 24.3 Å². The molecule has 0 aliphatic heterocycles. The van der Waals surface area contributed by atoms with Gasteiger partial charge in [0.25, 0.3) is 0 Å². The minimum atomic E-state index is -4.41. The number of ether oxygens (including phenoxy) is 2. The van der Waals surface area contributed by atoms with Crippen molar-refractivity contribution in [3.8, 4) is 0 Å². The predicted molar refractivity (Wildman–Crippen MR) is 239 cm³/mol. The largest absolute Gasteiger partial charge is 0.472 e. The standard InChI is InChI=1S/C47H86NO9P/c1-3-5-7-9-11-12-13-14-15-16-17-18-19-20-21-22-23-24-26-30-34-38-46(50)54-42-45(43-56-58(52,53)55-41-40-48)57-47(51)39-35-31-27-29-33-37-44(49)36-32-28-25-10-8-6-4-2/h14-15,25,28,32,36,45H,3-13,16-24,26-27,29-31,33-35,37-43,48H2,1-2H3,(H,52,53)/b15-14-,28-25-,36-32+/t45-/m1/s1. The van der Waals surface area contributed by atoms with Crippen molar-refractivity contribution in [2.45, 2.75) is 219 Å². The third kappa shape index (κ3) is 42.0. The molecule has 0 radical (unpaired) electrons. The third-order valence-electron chi connectivity index (χ3n) is 9.97. The predicted octanol–water partition coefficient (Wildman–Crippen LogP) is 12.9. The lowest BCUT2D eigenvalue weighted by Gasteiger charge is -2.19. The minimum Gasteiger partial charge on any atom is -0.462 e. The summed E-state index contributed by atoms with van der Waals surface area (Å²) in [7, 11) is -4.41. The van der Waals surface area contributed by atoms with Crippen LogP contribution in [0.15, 0.2) is 36.5 Å². The fraction of sp³-hybridized carbons (Fsp3) is 0.809. The molecule has 0 aromatic rings. The number of rotatable bonds is 44. The highest BCUT2D eigenvalue weighted by molar-refractivity contribution is 7.47. The van der Waals surface area contributed by atoms with E-state index in [-0.39, 0.29) is 38.4 Å². The van der Waals surface area contributed by atoms with Gasteiger partial charge in [0.05, 0.1) is 13.2 Å². The van der Waals surface area contributed by atoms with Crippen LogP contribution in [0.2, 0.25) is 0 Å². The molecule has 0 aromatic carbocycles. The summed E-state index contributed by atoms with van der Waals surface area (Å²) in [5.74, 6) is -0.801. The van der Waals surface area contributed by atoms with E-state index < -0.39 is 32.5 Å². The van der Waals surface area contributed by atoms with Crippen LogP contribution < -0.4 is 5.73 Å². The molecule has 0 saturated heterocycles. The Morgan fingerprint density at radius 2 is 1.00 bits per heavy atom. The molecule has 11 heteroatoms. The number of ketones is 1. The Morgan fingerprint density at radius 1 is 0.552 bits per heavy atom. The summed E-state index contributed by atoms with van der Waals surface area (Å²) in [6.07, 6.45) is 44.2. The molecule has 0 aliphatic carbocycles. The van der Waals surface area contributed by atoms with Gasteiger partial charge in [0.2, 0.25) is 0 Å². The molecule has 0 bridgehead atoms. The number of carbonyl (C=O) groups is 3. The second-order valence-electron chi connectivity index (χ2n) is 15.7. The van der Waals surface area contributed by atoms with Crippen molar-refractivity contribution in [2.24, 2.45) is 5.73 Å². The molecular weight excluding hydrogens is 753 g/mol. The highest BCUT2D eigenvalue weighted by Crippen LogP contribution is 2.43. The van der Waals surface area contributed by atoms with Gasteiger partial charge in [0, 0.05) is 25.8 Å². The maximum Gasteiger partial charge on any atom is 0.472 e. The molecule has 0 aliphatic rings. The molecule has 3 N–H and O–H groups in total. The van der Waals surface area contributed by atoms with E-state index in [2.05, 4.69) is 32.1 Å². The number of esters is 2. The van der Waals surface area contributed by atoms with Crippen molar-refractivity contribution in [1.82, 2.24) is 0 Å². The number of phosphoric acid groups is 1. The molecule has 0 spiro atoms. The van der Waals surface area contributed by atoms with E-state index in [1.54, 1.807) is 6.08 Å². The van der Waals surface area contributed by atoms with Gasteiger partial charge >= 0.3 is 19.8 Å². The highest BCUT2D eigenvalue weighted by atomic mass is 31.2. The summed E-state index contributed by atoms with van der Waals surface area (Å²) in [5, 5.41) is 0. The summed E-state index contributed by atoms with van der Waals surface area (Å²) >= 11 is 0. The summed E-state index contributed by atoms with van der Waals surface area (Å²) in [5.41, 5.74) is 5.34. The van der Waals surface area contributed by atoms with Gasteiger partial charge in [-0.05, 0) is 63.9 Å². The first kappa shape index (κ1) is 55.9. The van der Waals surface area contributed by atoms with Crippen LogP contribution in [0.1, 0.15) is 213 Å². The lowest BCUT2D eigenvalue weighted by atomic mass is 10.0. The van der Waals surface area contributed by atoms with Crippen LogP contribution in [0, 0.1) is 0 Å². The molecule has 338 valence electrons. The number of hydrogen-bond donors (Lipinski definition) is 2. The summed E-state index contributed by atoms with van der Waals surface area (Å²) in [6, 6.07) is 0. The van der Waals surface area contributed by atoms with Crippen molar-refractivity contribution in [1.29, 1.82) is 0 Å². The van der Waals surface area contributed by atoms with Crippen LogP contribution in [0.3, 0.4) is 0 Å². The summed E-state index contributed by atoms with van der Waals surface area (Å²) in [4.78, 5) is 47.0. The molecule has 10 nitrogen and oxygen atoms in total. The Kier molecular flexibility index (Phi) is 41.4. The zero-order valence-electron chi connectivity index (χ0n) is 37.0. The minimum absolute atomic E-state index is 0.0337. The van der Waals surface area contributed by atoms with E-state index in [0.717, 1.165) is 51.4 Å². The van der Waals surface area contributed by atoms with Crippen LogP contribution in [0.25, 0.3) is 0 Å². The van der Waals surface area contributed by atoms with E-state index in [0.29, 0.717) is 19.3 Å². The highest BCUT2D eigenvalue weighted by Gasteiger charge is 2.26. The quantitative estimate of drug-likeness (QED) is 0.0151. The average molecular weight is 840 g/mol. The summed E-state index contributed by atoms with van der Waals surface area (Å²) < 4.78 is 32.7. The van der Waals surface area contributed by atoms with Crippen molar-refractivity contribution in [2.75, 3.05) is 26.4 Å². The molecule has 0 aromatic heterocycles. The Hall–Kier alpha value is -2.10. The Bertz CT molecular complexity index is 1110. The molecule has 2 atom stereocenters. The fourth-order valence-corrected chi connectivity index (χ4v) is 7.20. The number of hydrogen-bond acceptors (Lipinski definition) is 9. The first-order valence-corrected chi connectivity index (χ1v) is 24.9. The van der Waals surface area contributed by atoms with Crippen molar-refractivity contribution >= 4 is 25.5 Å². The molecule has 0 rings (SSSR count). The van der Waals surface area contributed by atoms with Crippen LogP contribution in [-0.4, -0.2) is 55.1 Å². The number of allylic oxidation sites excluding steroid dienone is 6. The smallest absolute Gasteiger partial charge is 0.462 e. The van der Waals surface area contributed by atoms with Gasteiger partial charge in [-0.15, -0.1) is 0 Å². The van der Waals surface area contributed by atoms with Gasteiger partial charge in [-0.2, -0.15) is 0 Å². The van der Waals surface area contributed by atoms with Crippen LogP contribution >= 0.6 is 7.82 Å². The molecule has 58 heavy (non-hydrogen) atoms. The van der Waals surface area contributed by atoms with E-state index in [1.165, 1.54) is 116 Å². The second kappa shape index (κ2) is 43.0. The Balaban J connectivity index is 4.14. The first-order valence-electron chi connectivity index (χ1n) is 23.4. The van der Waals surface area contributed by atoms with Crippen LogP contribution in [0.4, 0.5) is 0 Å². The maximum absolute atomic E-state index is 12.6. The van der Waals surface area contributed by atoms with Gasteiger partial charge in [-0.1, -0.05) is 166 Å². The number of carbonyl (C=O) groups excluding carboxylic acids is 3. The molecule has 1 unspecified atom stereocenters. The maximum atomic E-state index is 12.6. The van der Waals surface area contributed by atoms with Crippen LogP contribution in [0.5, 0.6) is 0 Å². The van der Waals surface area contributed by atoms with Crippen LogP contribution in [-0.2, 0) is 37.5 Å². The van der Waals surface area contributed by atoms with E-state index >= 15 is 0 Å². The van der Waals surface area contributed by atoms with Gasteiger partial charge in [0.15, 0.2) is 11.9 Å². The van der Waals surface area contributed by atoms with Crippen molar-refractivity contribution in [3.05, 3.63) is 36.5 Å². The molecule has 0 fully saturated rings. The zero-order chi connectivity index (χ0) is 42.6.